The molecule has 2 heterocycles. The maximum absolute atomic E-state index is 12.1. The van der Waals surface area contributed by atoms with E-state index in [0.29, 0.717) is 12.5 Å². The largest absolute Gasteiger partial charge is 0.468 e. The van der Waals surface area contributed by atoms with E-state index in [1.807, 2.05) is 12.1 Å². The van der Waals surface area contributed by atoms with Crippen LogP contribution in [0.25, 0.3) is 0 Å². The highest BCUT2D eigenvalue weighted by Crippen LogP contribution is 2.18. The zero-order chi connectivity index (χ0) is 15.9. The number of hydrogen-bond acceptors (Lipinski definition) is 5. The summed E-state index contributed by atoms with van der Waals surface area (Å²) < 4.78 is 10.2. The smallest absolute Gasteiger partial charge is 0.287 e. The summed E-state index contributed by atoms with van der Waals surface area (Å²) in [6.45, 7) is 6.28. The Balaban J connectivity index is 2.06. The SMILES string of the molecule is CCN(CC)c1ncccc1CNC(=O)c1ccc(OC)o1. The Kier molecular flexibility index (Phi) is 5.41. The monoisotopic (exact) mass is 303 g/mol. The summed E-state index contributed by atoms with van der Waals surface area (Å²) in [4.78, 5) is 18.6. The highest BCUT2D eigenvalue weighted by Gasteiger charge is 2.14. The third kappa shape index (κ3) is 3.58. The maximum Gasteiger partial charge on any atom is 0.287 e. The Morgan fingerprint density at radius 3 is 2.73 bits per heavy atom. The van der Waals surface area contributed by atoms with E-state index in [2.05, 4.69) is 29.0 Å². The molecule has 1 N–H and O–H groups in total. The van der Waals surface area contributed by atoms with E-state index < -0.39 is 0 Å². The van der Waals surface area contributed by atoms with Gasteiger partial charge in [0.25, 0.3) is 11.9 Å². The number of furan rings is 1. The van der Waals surface area contributed by atoms with Gasteiger partial charge in [0.1, 0.15) is 5.82 Å². The molecular weight excluding hydrogens is 282 g/mol. The molecule has 0 fully saturated rings. The Labute approximate surface area is 130 Å². The second kappa shape index (κ2) is 7.49. The fourth-order valence-corrected chi connectivity index (χ4v) is 2.19. The molecule has 6 heteroatoms. The fraction of sp³-hybridized carbons (Fsp3) is 0.375. The Morgan fingerprint density at radius 2 is 2.09 bits per heavy atom. The molecule has 0 saturated carbocycles. The topological polar surface area (TPSA) is 67.6 Å². The van der Waals surface area contributed by atoms with E-state index in [1.54, 1.807) is 18.3 Å². The molecule has 1 amide bonds. The molecule has 0 aliphatic rings. The van der Waals surface area contributed by atoms with Gasteiger partial charge in [0.2, 0.25) is 0 Å². The third-order valence-electron chi connectivity index (χ3n) is 3.38. The minimum absolute atomic E-state index is 0.227. The van der Waals surface area contributed by atoms with Crippen LogP contribution >= 0.6 is 0 Å². The van der Waals surface area contributed by atoms with Gasteiger partial charge in [-0.25, -0.2) is 4.98 Å². The van der Waals surface area contributed by atoms with Crippen LogP contribution in [-0.4, -0.2) is 31.1 Å². The predicted molar refractivity (Wildman–Crippen MR) is 84.2 cm³/mol. The van der Waals surface area contributed by atoms with Gasteiger partial charge in [0, 0.05) is 37.5 Å². The molecule has 2 rings (SSSR count). The summed E-state index contributed by atoms with van der Waals surface area (Å²) in [5, 5.41) is 2.84. The van der Waals surface area contributed by atoms with Gasteiger partial charge in [0.15, 0.2) is 5.76 Å². The number of methoxy groups -OCH3 is 1. The first kappa shape index (κ1) is 15.9. The number of nitrogens with zero attached hydrogens (tertiary/aromatic N) is 2. The molecule has 0 aliphatic heterocycles. The zero-order valence-corrected chi connectivity index (χ0v) is 13.1. The van der Waals surface area contributed by atoms with Crippen LogP contribution in [-0.2, 0) is 6.54 Å². The van der Waals surface area contributed by atoms with Gasteiger partial charge in [-0.15, -0.1) is 0 Å². The minimum Gasteiger partial charge on any atom is -0.468 e. The number of amides is 1. The summed E-state index contributed by atoms with van der Waals surface area (Å²) >= 11 is 0. The molecule has 0 aliphatic carbocycles. The number of ether oxygens (including phenoxy) is 1. The molecule has 2 aromatic heterocycles. The standard InChI is InChI=1S/C16H21N3O3/c1-4-19(5-2)15-12(7-6-10-17-15)11-18-16(20)13-8-9-14(21-3)22-13/h6-10H,4-5,11H2,1-3H3,(H,18,20). The number of carbonyl (C=O) groups excluding carboxylic acids is 1. The van der Waals surface area contributed by atoms with Gasteiger partial charge in [-0.3, -0.25) is 4.79 Å². The summed E-state index contributed by atoms with van der Waals surface area (Å²) in [7, 11) is 1.49. The molecule has 0 atom stereocenters. The molecular formula is C16H21N3O3. The Hall–Kier alpha value is -2.50. The van der Waals surface area contributed by atoms with Crippen LogP contribution in [0.3, 0.4) is 0 Å². The van der Waals surface area contributed by atoms with Gasteiger partial charge in [-0.2, -0.15) is 0 Å². The number of pyridine rings is 1. The van der Waals surface area contributed by atoms with Crippen LogP contribution in [0.4, 0.5) is 5.82 Å². The molecule has 0 saturated heterocycles. The lowest BCUT2D eigenvalue weighted by Crippen LogP contribution is -2.27. The van der Waals surface area contributed by atoms with E-state index >= 15 is 0 Å². The van der Waals surface area contributed by atoms with Crippen molar-refractivity contribution in [2.75, 3.05) is 25.1 Å². The average Bonchev–Trinajstić information content (AvgIpc) is 3.04. The molecule has 0 bridgehead atoms. The predicted octanol–water partition coefficient (Wildman–Crippen LogP) is 2.46. The first-order valence-electron chi connectivity index (χ1n) is 7.30. The number of hydrogen-bond donors (Lipinski definition) is 1. The van der Waals surface area contributed by atoms with E-state index in [0.717, 1.165) is 24.5 Å². The van der Waals surface area contributed by atoms with Gasteiger partial charge < -0.3 is 19.4 Å². The zero-order valence-electron chi connectivity index (χ0n) is 13.1. The van der Waals surface area contributed by atoms with Crippen molar-refractivity contribution < 1.29 is 13.9 Å². The van der Waals surface area contributed by atoms with Crippen LogP contribution in [0.5, 0.6) is 5.95 Å². The number of anilines is 1. The summed E-state index contributed by atoms with van der Waals surface area (Å²) in [6.07, 6.45) is 1.76. The lowest BCUT2D eigenvalue weighted by Gasteiger charge is -2.22. The number of aromatic nitrogens is 1. The van der Waals surface area contributed by atoms with Crippen molar-refractivity contribution in [2.24, 2.45) is 0 Å². The van der Waals surface area contributed by atoms with Crippen molar-refractivity contribution in [1.82, 2.24) is 10.3 Å². The van der Waals surface area contributed by atoms with Crippen LogP contribution in [0.15, 0.2) is 34.9 Å². The van der Waals surface area contributed by atoms with Gasteiger partial charge in [-0.05, 0) is 26.0 Å². The first-order chi connectivity index (χ1) is 10.7. The number of rotatable bonds is 7. The van der Waals surface area contributed by atoms with E-state index in [-0.39, 0.29) is 11.7 Å². The highest BCUT2D eigenvalue weighted by atomic mass is 16.6. The molecule has 0 unspecified atom stereocenters. The lowest BCUT2D eigenvalue weighted by atomic mass is 10.2. The van der Waals surface area contributed by atoms with Crippen molar-refractivity contribution in [3.63, 3.8) is 0 Å². The lowest BCUT2D eigenvalue weighted by molar-refractivity contribution is 0.0917. The van der Waals surface area contributed by atoms with Crippen LogP contribution in [0.1, 0.15) is 30.0 Å². The molecule has 118 valence electrons. The fourth-order valence-electron chi connectivity index (χ4n) is 2.19. The van der Waals surface area contributed by atoms with Crippen LogP contribution in [0, 0.1) is 0 Å². The third-order valence-corrected chi connectivity index (χ3v) is 3.38. The number of nitrogens with one attached hydrogen (secondary N) is 1. The van der Waals surface area contributed by atoms with E-state index in [4.69, 9.17) is 9.15 Å². The Bertz CT molecular complexity index is 621. The highest BCUT2D eigenvalue weighted by molar-refractivity contribution is 5.91. The molecule has 0 aromatic carbocycles. The molecule has 6 nitrogen and oxygen atoms in total. The average molecular weight is 303 g/mol. The van der Waals surface area contributed by atoms with E-state index in [9.17, 15) is 4.79 Å². The number of carbonyl (C=O) groups is 1. The van der Waals surface area contributed by atoms with Crippen molar-refractivity contribution in [3.8, 4) is 5.95 Å². The quantitative estimate of drug-likeness (QED) is 0.851. The second-order valence-corrected chi connectivity index (χ2v) is 4.66. The van der Waals surface area contributed by atoms with Crippen molar-refractivity contribution in [1.29, 1.82) is 0 Å². The molecule has 0 spiro atoms. The van der Waals surface area contributed by atoms with Gasteiger partial charge in [-0.1, -0.05) is 6.07 Å². The molecule has 2 aromatic rings. The molecule has 22 heavy (non-hydrogen) atoms. The first-order valence-corrected chi connectivity index (χ1v) is 7.30. The maximum atomic E-state index is 12.1. The van der Waals surface area contributed by atoms with Gasteiger partial charge >= 0.3 is 0 Å². The van der Waals surface area contributed by atoms with Crippen LogP contribution in [0.2, 0.25) is 0 Å². The summed E-state index contributed by atoms with van der Waals surface area (Å²) in [5.74, 6) is 1.16. The summed E-state index contributed by atoms with van der Waals surface area (Å²) in [5.41, 5.74) is 0.970. The minimum atomic E-state index is -0.280. The van der Waals surface area contributed by atoms with Crippen LogP contribution < -0.4 is 15.0 Å². The van der Waals surface area contributed by atoms with Crippen molar-refractivity contribution in [3.05, 3.63) is 41.8 Å². The summed E-state index contributed by atoms with van der Waals surface area (Å²) in [6, 6.07) is 7.02. The Morgan fingerprint density at radius 1 is 1.32 bits per heavy atom. The second-order valence-electron chi connectivity index (χ2n) is 4.66. The van der Waals surface area contributed by atoms with Crippen molar-refractivity contribution >= 4 is 11.7 Å². The normalized spacial score (nSPS) is 10.3. The van der Waals surface area contributed by atoms with E-state index in [1.165, 1.54) is 7.11 Å². The molecule has 0 radical (unpaired) electrons. The van der Waals surface area contributed by atoms with Gasteiger partial charge in [0.05, 0.1) is 7.11 Å². The van der Waals surface area contributed by atoms with Crippen molar-refractivity contribution in [2.45, 2.75) is 20.4 Å².